The van der Waals surface area contributed by atoms with Crippen LogP contribution >= 0.6 is 11.3 Å². The molecule has 0 radical (unpaired) electrons. The van der Waals surface area contributed by atoms with E-state index in [1.807, 2.05) is 24.3 Å². The molecule has 0 saturated carbocycles. The lowest BCUT2D eigenvalue weighted by atomic mass is 10.1. The van der Waals surface area contributed by atoms with E-state index < -0.39 is 0 Å². The van der Waals surface area contributed by atoms with Gasteiger partial charge < -0.3 is 4.57 Å². The Labute approximate surface area is 150 Å². The van der Waals surface area contributed by atoms with E-state index in [1.165, 1.54) is 22.2 Å². The van der Waals surface area contributed by atoms with E-state index >= 15 is 0 Å². The Morgan fingerprint density at radius 2 is 1.96 bits per heavy atom. The second kappa shape index (κ2) is 6.61. The minimum atomic E-state index is 0.548. The summed E-state index contributed by atoms with van der Waals surface area (Å²) in [6.07, 6.45) is 1.92. The highest BCUT2D eigenvalue weighted by Crippen LogP contribution is 2.29. The molecule has 4 nitrogen and oxygen atoms in total. The second-order valence-electron chi connectivity index (χ2n) is 5.84. The lowest BCUT2D eigenvalue weighted by Crippen LogP contribution is -1.97. The minimum absolute atomic E-state index is 0.548. The van der Waals surface area contributed by atoms with Crippen LogP contribution in [0, 0.1) is 6.92 Å². The SMILES string of the molecule is C=CCn1c(C)c(CN=Nc2nc3ccccc3s2)c2ccccc21. The molecule has 0 saturated heterocycles. The smallest absolute Gasteiger partial charge is 0.230 e. The lowest BCUT2D eigenvalue weighted by Gasteiger charge is -2.04. The zero-order valence-electron chi connectivity index (χ0n) is 14.0. The van der Waals surface area contributed by atoms with E-state index in [-0.39, 0.29) is 0 Å². The number of allylic oxidation sites excluding steroid dienone is 1. The molecular weight excluding hydrogens is 328 g/mol. The molecular formula is C20H18N4S. The maximum absolute atomic E-state index is 4.50. The van der Waals surface area contributed by atoms with Crippen LogP contribution in [0.5, 0.6) is 0 Å². The van der Waals surface area contributed by atoms with Crippen LogP contribution in [-0.4, -0.2) is 9.55 Å². The van der Waals surface area contributed by atoms with Gasteiger partial charge in [0.25, 0.3) is 0 Å². The summed E-state index contributed by atoms with van der Waals surface area (Å²) in [6.45, 7) is 7.34. The molecule has 5 heteroatoms. The summed E-state index contributed by atoms with van der Waals surface area (Å²) in [5, 5.41) is 10.7. The van der Waals surface area contributed by atoms with Gasteiger partial charge in [0, 0.05) is 28.7 Å². The third-order valence-electron chi connectivity index (χ3n) is 4.34. The van der Waals surface area contributed by atoms with E-state index in [4.69, 9.17) is 0 Å². The van der Waals surface area contributed by atoms with Crippen molar-refractivity contribution in [2.75, 3.05) is 0 Å². The molecule has 25 heavy (non-hydrogen) atoms. The Morgan fingerprint density at radius 1 is 1.16 bits per heavy atom. The van der Waals surface area contributed by atoms with Crippen LogP contribution in [0.4, 0.5) is 5.13 Å². The topological polar surface area (TPSA) is 42.5 Å². The van der Waals surface area contributed by atoms with Gasteiger partial charge in [-0.15, -0.1) is 11.7 Å². The van der Waals surface area contributed by atoms with Gasteiger partial charge in [0.05, 0.1) is 16.8 Å². The van der Waals surface area contributed by atoms with E-state index in [0.29, 0.717) is 11.7 Å². The molecule has 0 N–H and O–H groups in total. The summed E-state index contributed by atoms with van der Waals surface area (Å²) in [4.78, 5) is 4.50. The van der Waals surface area contributed by atoms with Crippen molar-refractivity contribution in [3.8, 4) is 0 Å². The fourth-order valence-corrected chi connectivity index (χ4v) is 3.94. The van der Waals surface area contributed by atoms with Crippen LogP contribution in [0.3, 0.4) is 0 Å². The minimum Gasteiger partial charge on any atom is -0.341 e. The summed E-state index contributed by atoms with van der Waals surface area (Å²) in [5.41, 5.74) is 4.61. The van der Waals surface area contributed by atoms with Gasteiger partial charge in [-0.3, -0.25) is 0 Å². The molecule has 4 aromatic rings. The fourth-order valence-electron chi connectivity index (χ4n) is 3.14. The maximum atomic E-state index is 4.50. The molecule has 2 heterocycles. The molecule has 0 aliphatic carbocycles. The Hall–Kier alpha value is -2.79. The van der Waals surface area contributed by atoms with Crippen LogP contribution in [0.1, 0.15) is 11.3 Å². The molecule has 0 bridgehead atoms. The number of para-hydroxylation sites is 2. The van der Waals surface area contributed by atoms with Crippen molar-refractivity contribution >= 4 is 37.6 Å². The molecule has 4 rings (SSSR count). The van der Waals surface area contributed by atoms with E-state index in [0.717, 1.165) is 16.8 Å². The highest BCUT2D eigenvalue weighted by atomic mass is 32.1. The normalized spacial score (nSPS) is 11.7. The number of fused-ring (bicyclic) bond motifs is 2. The first-order valence-corrected chi connectivity index (χ1v) is 9.00. The van der Waals surface area contributed by atoms with Crippen molar-refractivity contribution in [2.45, 2.75) is 20.0 Å². The first kappa shape index (κ1) is 15.7. The quantitative estimate of drug-likeness (QED) is 0.321. The van der Waals surface area contributed by atoms with Gasteiger partial charge in [0.2, 0.25) is 5.13 Å². The van der Waals surface area contributed by atoms with Crippen LogP contribution in [0.15, 0.2) is 71.4 Å². The van der Waals surface area contributed by atoms with Crippen molar-refractivity contribution in [2.24, 2.45) is 10.2 Å². The third kappa shape index (κ3) is 2.87. The first-order valence-electron chi connectivity index (χ1n) is 8.18. The predicted octanol–water partition coefficient (Wildman–Crippen LogP) is 6.03. The molecule has 0 fully saturated rings. The largest absolute Gasteiger partial charge is 0.341 e. The molecule has 0 spiro atoms. The van der Waals surface area contributed by atoms with E-state index in [1.54, 1.807) is 11.3 Å². The van der Waals surface area contributed by atoms with Crippen molar-refractivity contribution in [3.63, 3.8) is 0 Å². The number of hydrogen-bond donors (Lipinski definition) is 0. The molecule has 0 amide bonds. The summed E-state index contributed by atoms with van der Waals surface area (Å²) in [6, 6.07) is 16.5. The Balaban J connectivity index is 1.66. The molecule has 0 aliphatic rings. The highest BCUT2D eigenvalue weighted by Gasteiger charge is 2.12. The van der Waals surface area contributed by atoms with Crippen molar-refractivity contribution in [3.05, 3.63) is 72.4 Å². The number of benzene rings is 2. The average Bonchev–Trinajstić information content (AvgIpc) is 3.16. The number of aromatic nitrogens is 2. The summed E-state index contributed by atoms with van der Waals surface area (Å²) >= 11 is 1.56. The number of azo groups is 1. The Morgan fingerprint density at radius 3 is 2.80 bits per heavy atom. The van der Waals surface area contributed by atoms with Crippen LogP contribution < -0.4 is 0 Å². The van der Waals surface area contributed by atoms with Gasteiger partial charge in [-0.05, 0) is 25.1 Å². The van der Waals surface area contributed by atoms with Crippen LogP contribution in [0.25, 0.3) is 21.1 Å². The number of rotatable bonds is 5. The third-order valence-corrected chi connectivity index (χ3v) is 5.26. The van der Waals surface area contributed by atoms with Gasteiger partial charge in [0.1, 0.15) is 0 Å². The second-order valence-corrected chi connectivity index (χ2v) is 6.85. The number of thiazole rings is 1. The van der Waals surface area contributed by atoms with Crippen LogP contribution in [0.2, 0.25) is 0 Å². The van der Waals surface area contributed by atoms with Crippen molar-refractivity contribution in [1.29, 1.82) is 0 Å². The standard InChI is InChI=1S/C20H18N4S/c1-3-12-24-14(2)16(15-8-4-6-10-18(15)24)13-21-23-20-22-17-9-5-7-11-19(17)25-20/h3-11H,1,12-13H2,2H3. The van der Waals surface area contributed by atoms with Crippen molar-refractivity contribution < 1.29 is 0 Å². The van der Waals surface area contributed by atoms with E-state index in [9.17, 15) is 0 Å². The maximum Gasteiger partial charge on any atom is 0.230 e. The number of hydrogen-bond acceptors (Lipinski definition) is 4. The predicted molar refractivity (Wildman–Crippen MR) is 105 cm³/mol. The van der Waals surface area contributed by atoms with Gasteiger partial charge in [-0.2, -0.15) is 5.11 Å². The van der Waals surface area contributed by atoms with Gasteiger partial charge in [-0.25, -0.2) is 4.98 Å². The van der Waals surface area contributed by atoms with Gasteiger partial charge in [-0.1, -0.05) is 47.7 Å². The molecule has 124 valence electrons. The lowest BCUT2D eigenvalue weighted by molar-refractivity contribution is 0.812. The fraction of sp³-hybridized carbons (Fsp3) is 0.150. The van der Waals surface area contributed by atoms with Gasteiger partial charge >= 0.3 is 0 Å². The highest BCUT2D eigenvalue weighted by molar-refractivity contribution is 7.21. The first-order chi connectivity index (χ1) is 12.3. The van der Waals surface area contributed by atoms with Crippen molar-refractivity contribution in [1.82, 2.24) is 9.55 Å². The zero-order chi connectivity index (χ0) is 17.2. The Kier molecular flexibility index (Phi) is 4.15. The molecule has 2 aromatic heterocycles. The summed E-state index contributed by atoms with van der Waals surface area (Å²) in [7, 11) is 0. The molecule has 0 unspecified atom stereocenters. The van der Waals surface area contributed by atoms with E-state index in [2.05, 4.69) is 63.6 Å². The summed E-state index contributed by atoms with van der Waals surface area (Å²) < 4.78 is 3.40. The monoisotopic (exact) mass is 346 g/mol. The van der Waals surface area contributed by atoms with Crippen LogP contribution in [-0.2, 0) is 13.1 Å². The average molecular weight is 346 g/mol. The summed E-state index contributed by atoms with van der Waals surface area (Å²) in [5.74, 6) is 0. The zero-order valence-corrected chi connectivity index (χ0v) is 14.8. The molecule has 0 aliphatic heterocycles. The molecule has 0 atom stereocenters. The number of nitrogens with zero attached hydrogens (tertiary/aromatic N) is 4. The Bertz CT molecular complexity index is 1050. The van der Waals surface area contributed by atoms with Gasteiger partial charge in [0.15, 0.2) is 0 Å². The molecule has 2 aromatic carbocycles.